The van der Waals surface area contributed by atoms with Gasteiger partial charge in [-0.1, -0.05) is 11.6 Å². The van der Waals surface area contributed by atoms with Crippen LogP contribution in [-0.4, -0.2) is 38.6 Å². The minimum atomic E-state index is -3.72. The molecule has 25 heavy (non-hydrogen) atoms. The number of benzene rings is 1. The van der Waals surface area contributed by atoms with Crippen LogP contribution in [0.2, 0.25) is 5.02 Å². The maximum absolute atomic E-state index is 12.4. The van der Waals surface area contributed by atoms with Gasteiger partial charge in [-0.05, 0) is 37.1 Å². The first kappa shape index (κ1) is 17.9. The van der Waals surface area contributed by atoms with Gasteiger partial charge >= 0.3 is 0 Å². The minimum absolute atomic E-state index is 0.00760. The molecule has 0 spiro atoms. The molecule has 1 aromatic heterocycles. The Balaban J connectivity index is 1.72. The van der Waals surface area contributed by atoms with Gasteiger partial charge in [0.15, 0.2) is 0 Å². The molecule has 0 radical (unpaired) electrons. The zero-order chi connectivity index (χ0) is 17.9. The van der Waals surface area contributed by atoms with Crippen molar-refractivity contribution in [2.24, 2.45) is 0 Å². The van der Waals surface area contributed by atoms with Gasteiger partial charge in [-0.3, -0.25) is 0 Å². The Bertz CT molecular complexity index is 854. The number of sulfonamides is 1. The highest BCUT2D eigenvalue weighted by Crippen LogP contribution is 2.26. The zero-order valence-electron chi connectivity index (χ0n) is 13.8. The van der Waals surface area contributed by atoms with Gasteiger partial charge in [0.2, 0.25) is 10.0 Å². The molecular formula is C16H19ClN4O3S. The average Bonchev–Trinajstić information content (AvgIpc) is 3.15. The monoisotopic (exact) mass is 382 g/mol. The van der Waals surface area contributed by atoms with Gasteiger partial charge in [-0.2, -0.15) is 0 Å². The van der Waals surface area contributed by atoms with Crippen LogP contribution in [0.3, 0.4) is 0 Å². The molecule has 3 rings (SSSR count). The molecule has 9 heteroatoms. The summed E-state index contributed by atoms with van der Waals surface area (Å²) in [6, 6.07) is 6.15. The number of nitrogens with zero attached hydrogens (tertiary/aromatic N) is 3. The molecule has 0 atom stereocenters. The number of anilines is 1. The standard InChI is InChI=1S/C16H19ClN4O3S/c1-24-14-5-4-12(10-13(14)17)25(22,23)19-11-15-18-7-6-16(20-15)21-8-2-3-9-21/h4-7,10,19H,2-3,8-9,11H2,1H3. The van der Waals surface area contributed by atoms with Gasteiger partial charge in [-0.15, -0.1) is 0 Å². The lowest BCUT2D eigenvalue weighted by atomic mass is 10.3. The van der Waals surface area contributed by atoms with Crippen molar-refractivity contribution in [3.63, 3.8) is 0 Å². The number of halogens is 1. The van der Waals surface area contributed by atoms with Crippen molar-refractivity contribution < 1.29 is 13.2 Å². The molecule has 1 saturated heterocycles. The van der Waals surface area contributed by atoms with E-state index >= 15 is 0 Å². The summed E-state index contributed by atoms with van der Waals surface area (Å²) in [5.74, 6) is 1.67. The molecule has 2 aromatic rings. The van der Waals surface area contributed by atoms with Crippen LogP contribution in [0.1, 0.15) is 18.7 Å². The highest BCUT2D eigenvalue weighted by molar-refractivity contribution is 7.89. The second-order valence-electron chi connectivity index (χ2n) is 5.65. The predicted octanol–water partition coefficient (Wildman–Crippen LogP) is 2.22. The topological polar surface area (TPSA) is 84.4 Å². The SMILES string of the molecule is COc1ccc(S(=O)(=O)NCc2nccc(N3CCCC3)n2)cc1Cl. The van der Waals surface area contributed by atoms with E-state index in [0.29, 0.717) is 11.6 Å². The van der Waals surface area contributed by atoms with Gasteiger partial charge < -0.3 is 9.64 Å². The van der Waals surface area contributed by atoms with Crippen molar-refractivity contribution in [3.8, 4) is 5.75 Å². The summed E-state index contributed by atoms with van der Waals surface area (Å²) >= 11 is 6.00. The number of nitrogens with one attached hydrogen (secondary N) is 1. The Labute approximate surface area is 152 Å². The molecule has 1 fully saturated rings. The highest BCUT2D eigenvalue weighted by Gasteiger charge is 2.18. The van der Waals surface area contributed by atoms with Crippen LogP contribution in [0.5, 0.6) is 5.75 Å². The Morgan fingerprint density at radius 2 is 2.04 bits per heavy atom. The third-order valence-corrected chi connectivity index (χ3v) is 5.67. The molecule has 7 nitrogen and oxygen atoms in total. The molecular weight excluding hydrogens is 364 g/mol. The number of methoxy groups -OCH3 is 1. The average molecular weight is 383 g/mol. The molecule has 1 aromatic carbocycles. The molecule has 1 aliphatic rings. The third-order valence-electron chi connectivity index (χ3n) is 3.97. The molecule has 0 unspecified atom stereocenters. The Morgan fingerprint density at radius 3 is 2.72 bits per heavy atom. The summed E-state index contributed by atoms with van der Waals surface area (Å²) in [5, 5.41) is 0.234. The van der Waals surface area contributed by atoms with Gasteiger partial charge in [0, 0.05) is 19.3 Å². The maximum atomic E-state index is 12.4. The van der Waals surface area contributed by atoms with Crippen LogP contribution >= 0.6 is 11.6 Å². The maximum Gasteiger partial charge on any atom is 0.241 e. The van der Waals surface area contributed by atoms with E-state index in [1.165, 1.54) is 25.3 Å². The molecule has 1 aliphatic heterocycles. The molecule has 1 N–H and O–H groups in total. The van der Waals surface area contributed by atoms with E-state index in [-0.39, 0.29) is 16.5 Å². The van der Waals surface area contributed by atoms with E-state index < -0.39 is 10.0 Å². The van der Waals surface area contributed by atoms with Gasteiger partial charge in [0.05, 0.1) is 23.6 Å². The molecule has 0 bridgehead atoms. The lowest BCUT2D eigenvalue weighted by Crippen LogP contribution is -2.25. The minimum Gasteiger partial charge on any atom is -0.495 e. The molecule has 0 aliphatic carbocycles. The van der Waals surface area contributed by atoms with E-state index in [9.17, 15) is 8.42 Å². The number of hydrogen-bond acceptors (Lipinski definition) is 6. The second kappa shape index (κ2) is 7.55. The summed E-state index contributed by atoms with van der Waals surface area (Å²) in [5.41, 5.74) is 0. The van der Waals surface area contributed by atoms with Gasteiger partial charge in [-0.25, -0.2) is 23.1 Å². The first-order valence-corrected chi connectivity index (χ1v) is 9.76. The van der Waals surface area contributed by atoms with E-state index in [0.717, 1.165) is 31.7 Å². The normalized spacial score (nSPS) is 14.7. The second-order valence-corrected chi connectivity index (χ2v) is 7.82. The third kappa shape index (κ3) is 4.20. The fraction of sp³-hybridized carbons (Fsp3) is 0.375. The largest absolute Gasteiger partial charge is 0.495 e. The van der Waals surface area contributed by atoms with Crippen molar-refractivity contribution in [3.05, 3.63) is 41.3 Å². The molecule has 0 amide bonds. The highest BCUT2D eigenvalue weighted by atomic mass is 35.5. The van der Waals surface area contributed by atoms with Crippen LogP contribution < -0.4 is 14.4 Å². The van der Waals surface area contributed by atoms with Gasteiger partial charge in [0.1, 0.15) is 17.4 Å². The van der Waals surface area contributed by atoms with E-state index in [1.54, 1.807) is 6.20 Å². The fourth-order valence-corrected chi connectivity index (χ4v) is 3.98. The van der Waals surface area contributed by atoms with Crippen LogP contribution in [0.25, 0.3) is 0 Å². The van der Waals surface area contributed by atoms with Crippen LogP contribution in [-0.2, 0) is 16.6 Å². The Kier molecular flexibility index (Phi) is 5.41. The first-order valence-electron chi connectivity index (χ1n) is 7.90. The van der Waals surface area contributed by atoms with Crippen molar-refractivity contribution in [2.45, 2.75) is 24.3 Å². The summed E-state index contributed by atoms with van der Waals surface area (Å²) in [7, 11) is -2.25. The first-order chi connectivity index (χ1) is 12.0. The Hall–Kier alpha value is -1.90. The number of hydrogen-bond donors (Lipinski definition) is 1. The fourth-order valence-electron chi connectivity index (χ4n) is 2.65. The summed E-state index contributed by atoms with van der Waals surface area (Å²) in [6.45, 7) is 1.94. The lowest BCUT2D eigenvalue weighted by molar-refractivity contribution is 0.414. The molecule has 2 heterocycles. The number of rotatable bonds is 6. The van der Waals surface area contributed by atoms with E-state index in [4.69, 9.17) is 16.3 Å². The van der Waals surface area contributed by atoms with E-state index in [1.807, 2.05) is 6.07 Å². The van der Waals surface area contributed by atoms with Crippen LogP contribution in [0, 0.1) is 0 Å². The van der Waals surface area contributed by atoms with Gasteiger partial charge in [0.25, 0.3) is 0 Å². The summed E-state index contributed by atoms with van der Waals surface area (Å²) < 4.78 is 32.4. The smallest absolute Gasteiger partial charge is 0.241 e. The number of aromatic nitrogens is 2. The zero-order valence-corrected chi connectivity index (χ0v) is 15.3. The van der Waals surface area contributed by atoms with Crippen molar-refractivity contribution in [1.29, 1.82) is 0 Å². The van der Waals surface area contributed by atoms with Crippen molar-refractivity contribution in [2.75, 3.05) is 25.1 Å². The summed E-state index contributed by atoms with van der Waals surface area (Å²) in [6.07, 6.45) is 3.93. The molecule has 134 valence electrons. The number of ether oxygens (including phenoxy) is 1. The lowest BCUT2D eigenvalue weighted by Gasteiger charge is -2.16. The predicted molar refractivity (Wildman–Crippen MR) is 95.5 cm³/mol. The summed E-state index contributed by atoms with van der Waals surface area (Å²) in [4.78, 5) is 10.8. The van der Waals surface area contributed by atoms with Crippen LogP contribution in [0.15, 0.2) is 35.4 Å². The molecule has 0 saturated carbocycles. The Morgan fingerprint density at radius 1 is 1.28 bits per heavy atom. The van der Waals surface area contributed by atoms with E-state index in [2.05, 4.69) is 19.6 Å². The van der Waals surface area contributed by atoms with Crippen LogP contribution in [0.4, 0.5) is 5.82 Å². The quantitative estimate of drug-likeness (QED) is 0.824. The van der Waals surface area contributed by atoms with Crippen molar-refractivity contribution >= 4 is 27.4 Å². The van der Waals surface area contributed by atoms with Crippen molar-refractivity contribution in [1.82, 2.24) is 14.7 Å².